The van der Waals surface area contributed by atoms with Crippen molar-refractivity contribution in [3.8, 4) is 23.0 Å². The zero-order valence-corrected chi connectivity index (χ0v) is 24.7. The van der Waals surface area contributed by atoms with Gasteiger partial charge < -0.3 is 24.1 Å². The second kappa shape index (κ2) is 12.5. The van der Waals surface area contributed by atoms with Gasteiger partial charge in [-0.1, -0.05) is 42.9 Å². The number of fused-ring (bicyclic) bond motifs is 1. The van der Waals surface area contributed by atoms with E-state index in [1.54, 1.807) is 61.7 Å². The Hall–Kier alpha value is -4.57. The molecule has 1 aromatic heterocycles. The molecule has 1 unspecified atom stereocenters. The molecule has 10 heteroatoms. The van der Waals surface area contributed by atoms with E-state index in [1.807, 2.05) is 13.0 Å². The van der Waals surface area contributed by atoms with E-state index in [0.717, 1.165) is 17.5 Å². The summed E-state index contributed by atoms with van der Waals surface area (Å²) in [6.07, 6.45) is 1.86. The minimum atomic E-state index is -0.985. The van der Waals surface area contributed by atoms with Crippen LogP contribution in [0.3, 0.4) is 0 Å². The Kier molecular flexibility index (Phi) is 8.63. The van der Waals surface area contributed by atoms with Crippen LogP contribution in [0.4, 0.5) is 5.13 Å². The van der Waals surface area contributed by atoms with Gasteiger partial charge >= 0.3 is 5.91 Å². The van der Waals surface area contributed by atoms with Crippen LogP contribution in [0.25, 0.3) is 16.0 Å². The monoisotopic (exact) mass is 588 g/mol. The summed E-state index contributed by atoms with van der Waals surface area (Å²) in [4.78, 5) is 33.4. The Bertz CT molecular complexity index is 1660. The van der Waals surface area contributed by atoms with E-state index < -0.39 is 17.7 Å². The van der Waals surface area contributed by atoms with E-state index in [-0.39, 0.29) is 11.3 Å². The number of anilines is 1. The maximum absolute atomic E-state index is 13.7. The number of ketones is 1. The molecule has 1 N–H and O–H groups in total. The van der Waals surface area contributed by atoms with Gasteiger partial charge in [0.25, 0.3) is 5.78 Å². The number of ether oxygens (including phenoxy) is 4. The van der Waals surface area contributed by atoms with Crippen LogP contribution in [-0.2, 0) is 9.59 Å². The first-order valence-corrected chi connectivity index (χ1v) is 14.5. The summed E-state index contributed by atoms with van der Waals surface area (Å²) in [5, 5.41) is 11.9. The van der Waals surface area contributed by atoms with Gasteiger partial charge in [-0.15, -0.1) is 0 Å². The molecular weight excluding hydrogens is 556 g/mol. The van der Waals surface area contributed by atoms with Crippen LogP contribution in [-0.4, -0.2) is 49.2 Å². The van der Waals surface area contributed by atoms with Gasteiger partial charge in [0.2, 0.25) is 0 Å². The van der Waals surface area contributed by atoms with E-state index in [9.17, 15) is 14.7 Å². The lowest BCUT2D eigenvalue weighted by atomic mass is 9.95. The van der Waals surface area contributed by atoms with Crippen LogP contribution in [0.1, 0.15) is 43.9 Å². The highest BCUT2D eigenvalue weighted by molar-refractivity contribution is 7.22. The number of hydrogen-bond donors (Lipinski definition) is 1. The van der Waals surface area contributed by atoms with Crippen molar-refractivity contribution >= 4 is 44.1 Å². The quantitative estimate of drug-likeness (QED) is 0.0914. The van der Waals surface area contributed by atoms with Crippen molar-refractivity contribution in [2.75, 3.05) is 32.3 Å². The van der Waals surface area contributed by atoms with Gasteiger partial charge in [-0.2, -0.15) is 0 Å². The van der Waals surface area contributed by atoms with Crippen molar-refractivity contribution in [3.63, 3.8) is 0 Å². The number of unbranched alkanes of at least 4 members (excludes halogenated alkanes) is 1. The average molecular weight is 589 g/mol. The lowest BCUT2D eigenvalue weighted by Gasteiger charge is -2.24. The van der Waals surface area contributed by atoms with Crippen molar-refractivity contribution in [2.45, 2.75) is 32.7 Å². The first kappa shape index (κ1) is 28.9. The number of hydrogen-bond acceptors (Lipinski definition) is 9. The third-order valence-corrected chi connectivity index (χ3v) is 7.93. The number of Topliss-reactive ketones (excluding diaryl/α,β-unsaturated/α-hetero) is 1. The van der Waals surface area contributed by atoms with Gasteiger partial charge in [-0.25, -0.2) is 4.98 Å². The van der Waals surface area contributed by atoms with Crippen molar-refractivity contribution in [2.24, 2.45) is 0 Å². The van der Waals surface area contributed by atoms with E-state index in [2.05, 4.69) is 11.9 Å². The molecule has 0 radical (unpaired) electrons. The maximum atomic E-state index is 13.7. The maximum Gasteiger partial charge on any atom is 0.301 e. The SMILES string of the molecule is CCCCOc1cccc(/C(O)=C2\C(=O)C(=O)N(c3nc4ccc(OC)cc4s3)C2c2ccc(OCC)c(OC)c2)c1. The number of amides is 1. The highest BCUT2D eigenvalue weighted by Gasteiger charge is 2.48. The Balaban J connectivity index is 1.67. The molecule has 218 valence electrons. The fourth-order valence-electron chi connectivity index (χ4n) is 4.82. The number of aliphatic hydroxyl groups is 1. The molecule has 1 saturated heterocycles. The molecule has 1 fully saturated rings. The molecule has 0 spiro atoms. The second-order valence-electron chi connectivity index (χ2n) is 9.57. The summed E-state index contributed by atoms with van der Waals surface area (Å²) in [6.45, 7) is 4.90. The molecule has 1 atom stereocenters. The third kappa shape index (κ3) is 5.49. The van der Waals surface area contributed by atoms with Crippen molar-refractivity contribution in [3.05, 3.63) is 77.4 Å². The minimum Gasteiger partial charge on any atom is -0.507 e. The van der Waals surface area contributed by atoms with Gasteiger partial charge in [0.05, 0.1) is 49.3 Å². The predicted octanol–water partition coefficient (Wildman–Crippen LogP) is 6.52. The normalized spacial score (nSPS) is 16.2. The van der Waals surface area contributed by atoms with Crippen LogP contribution >= 0.6 is 11.3 Å². The topological polar surface area (TPSA) is 107 Å². The molecule has 5 rings (SSSR count). The number of carbonyl (C=O) groups excluding carboxylic acids is 2. The van der Waals surface area contributed by atoms with E-state index in [0.29, 0.717) is 58.0 Å². The fourth-order valence-corrected chi connectivity index (χ4v) is 5.84. The molecule has 1 amide bonds. The smallest absolute Gasteiger partial charge is 0.301 e. The zero-order chi connectivity index (χ0) is 29.8. The van der Waals surface area contributed by atoms with Crippen molar-refractivity contribution in [1.29, 1.82) is 0 Å². The van der Waals surface area contributed by atoms with Gasteiger partial charge in [0.15, 0.2) is 16.6 Å². The Labute approximate surface area is 247 Å². The molecule has 0 saturated carbocycles. The predicted molar refractivity (Wildman–Crippen MR) is 162 cm³/mol. The highest BCUT2D eigenvalue weighted by Crippen LogP contribution is 2.46. The van der Waals surface area contributed by atoms with Crippen LogP contribution in [0.2, 0.25) is 0 Å². The van der Waals surface area contributed by atoms with Crippen molar-refractivity contribution in [1.82, 2.24) is 4.98 Å². The van der Waals surface area contributed by atoms with Gasteiger partial charge in [0.1, 0.15) is 17.3 Å². The number of aliphatic hydroxyl groups excluding tert-OH is 1. The summed E-state index contributed by atoms with van der Waals surface area (Å²) in [5.74, 6) is 0.229. The zero-order valence-electron chi connectivity index (χ0n) is 23.9. The summed E-state index contributed by atoms with van der Waals surface area (Å²) < 4.78 is 23.2. The summed E-state index contributed by atoms with van der Waals surface area (Å²) in [6, 6.07) is 16.5. The van der Waals surface area contributed by atoms with E-state index in [1.165, 1.54) is 23.3 Å². The highest BCUT2D eigenvalue weighted by atomic mass is 32.1. The van der Waals surface area contributed by atoms with E-state index in [4.69, 9.17) is 18.9 Å². The Morgan fingerprint density at radius 1 is 0.952 bits per heavy atom. The number of rotatable bonds is 11. The number of nitrogens with zero attached hydrogens (tertiary/aromatic N) is 2. The van der Waals surface area contributed by atoms with Gasteiger partial charge in [-0.05, 0) is 61.4 Å². The number of methoxy groups -OCH3 is 2. The van der Waals surface area contributed by atoms with Crippen LogP contribution < -0.4 is 23.8 Å². The first-order chi connectivity index (χ1) is 20.4. The second-order valence-corrected chi connectivity index (χ2v) is 10.6. The van der Waals surface area contributed by atoms with Crippen LogP contribution in [0, 0.1) is 0 Å². The third-order valence-electron chi connectivity index (χ3n) is 6.91. The molecule has 1 aliphatic heterocycles. The van der Waals surface area contributed by atoms with Gasteiger partial charge in [-0.3, -0.25) is 14.5 Å². The molecule has 42 heavy (non-hydrogen) atoms. The van der Waals surface area contributed by atoms with Crippen LogP contribution in [0.5, 0.6) is 23.0 Å². The molecule has 0 aliphatic carbocycles. The fraction of sp³-hybridized carbons (Fsp3) is 0.281. The van der Waals surface area contributed by atoms with Crippen LogP contribution in [0.15, 0.2) is 66.2 Å². The molecule has 4 aromatic rings. The Morgan fingerprint density at radius 2 is 1.79 bits per heavy atom. The molecule has 9 nitrogen and oxygen atoms in total. The standard InChI is InChI=1S/C32H32N2O7S/c1-5-7-15-41-22-10-8-9-20(16-22)29(35)27-28(19-11-14-24(40-6-2)25(17-19)39-4)34(31(37)30(27)36)32-33-23-13-12-21(38-3)18-26(23)42-32/h8-14,16-18,28,35H,5-7,15H2,1-4H3/b29-27+. The lowest BCUT2D eigenvalue weighted by molar-refractivity contribution is -0.132. The summed E-state index contributed by atoms with van der Waals surface area (Å²) in [5.41, 5.74) is 1.49. The molecular formula is C32H32N2O7S. The van der Waals surface area contributed by atoms with E-state index >= 15 is 0 Å². The molecule has 2 heterocycles. The number of thiazole rings is 1. The number of carbonyl (C=O) groups is 2. The first-order valence-electron chi connectivity index (χ1n) is 13.7. The Morgan fingerprint density at radius 3 is 2.52 bits per heavy atom. The van der Waals surface area contributed by atoms with Crippen molar-refractivity contribution < 1.29 is 33.6 Å². The molecule has 3 aromatic carbocycles. The average Bonchev–Trinajstić information content (AvgIpc) is 3.54. The molecule has 1 aliphatic rings. The summed E-state index contributed by atoms with van der Waals surface area (Å²) >= 11 is 1.25. The minimum absolute atomic E-state index is 0.0613. The number of benzene rings is 3. The summed E-state index contributed by atoms with van der Waals surface area (Å²) in [7, 11) is 3.09. The molecule has 0 bridgehead atoms. The lowest BCUT2D eigenvalue weighted by Crippen LogP contribution is -2.29. The largest absolute Gasteiger partial charge is 0.507 e. The van der Waals surface area contributed by atoms with Gasteiger partial charge in [0, 0.05) is 5.56 Å². The number of aromatic nitrogens is 1.